The van der Waals surface area contributed by atoms with Gasteiger partial charge >= 0.3 is 0 Å². The number of amides is 1. The summed E-state index contributed by atoms with van der Waals surface area (Å²) >= 11 is 0. The van der Waals surface area contributed by atoms with Gasteiger partial charge in [-0.05, 0) is 57.6 Å². The van der Waals surface area contributed by atoms with Crippen molar-refractivity contribution in [1.82, 2.24) is 19.8 Å². The molecule has 2 N–H and O–H groups in total. The highest BCUT2D eigenvalue weighted by molar-refractivity contribution is 5.85. The molecule has 1 aromatic carbocycles. The van der Waals surface area contributed by atoms with Crippen molar-refractivity contribution in [2.24, 2.45) is 0 Å². The number of likely N-dealkylation sites (tertiary alicyclic amines) is 1. The van der Waals surface area contributed by atoms with E-state index < -0.39 is 5.60 Å². The number of carbonyl (C=O) groups is 1. The highest BCUT2D eigenvalue weighted by Gasteiger charge is 2.38. The molecular weight excluding hydrogens is 368 g/mol. The molecule has 0 spiro atoms. The van der Waals surface area contributed by atoms with Crippen LogP contribution in [0.5, 0.6) is 5.75 Å². The lowest BCUT2D eigenvalue weighted by Gasteiger charge is -2.31. The fourth-order valence-electron chi connectivity index (χ4n) is 3.45. The topological polar surface area (TPSA) is 108 Å². The molecule has 1 aliphatic rings. The molecule has 1 aromatic heterocycles. The Morgan fingerprint density at radius 2 is 2.10 bits per heavy atom. The Kier molecular flexibility index (Phi) is 5.99. The van der Waals surface area contributed by atoms with E-state index in [2.05, 4.69) is 20.9 Å². The summed E-state index contributed by atoms with van der Waals surface area (Å²) in [6, 6.07) is 10.7. The number of nitrogens with zero attached hydrogens (tertiary/aromatic N) is 5. The molecule has 3 rings (SSSR count). The fourth-order valence-corrected chi connectivity index (χ4v) is 3.45. The molecule has 1 atom stereocenters. The largest absolute Gasteiger partial charge is 0.478 e. The number of nitrogen functional groups attached to an aromatic ring is 1. The first-order valence-electron chi connectivity index (χ1n) is 9.54. The second-order valence-electron chi connectivity index (χ2n) is 7.76. The fraction of sp³-hybridized carbons (Fsp3) is 0.429. The van der Waals surface area contributed by atoms with Gasteiger partial charge in [-0.3, -0.25) is 9.69 Å². The first-order chi connectivity index (χ1) is 13.8. The summed E-state index contributed by atoms with van der Waals surface area (Å²) in [4.78, 5) is 25.5. The van der Waals surface area contributed by atoms with E-state index in [1.54, 1.807) is 50.4 Å². The molecule has 8 heteroatoms. The Hall–Kier alpha value is -3.18. The Labute approximate surface area is 170 Å². The van der Waals surface area contributed by atoms with Crippen molar-refractivity contribution < 1.29 is 9.53 Å². The monoisotopic (exact) mass is 394 g/mol. The van der Waals surface area contributed by atoms with Gasteiger partial charge in [0.15, 0.2) is 5.60 Å². The van der Waals surface area contributed by atoms with Crippen LogP contribution in [0, 0.1) is 11.3 Å². The number of ether oxygens (including phenoxy) is 1. The lowest BCUT2D eigenvalue weighted by molar-refractivity contribution is -0.144. The third kappa shape index (κ3) is 5.00. The quantitative estimate of drug-likeness (QED) is 0.796. The molecule has 1 fully saturated rings. The second kappa shape index (κ2) is 8.45. The first kappa shape index (κ1) is 20.6. The molecule has 1 saturated heterocycles. The number of rotatable bonds is 6. The summed E-state index contributed by atoms with van der Waals surface area (Å²) < 4.78 is 5.93. The molecule has 0 aliphatic carbocycles. The van der Waals surface area contributed by atoms with E-state index in [0.717, 1.165) is 6.42 Å². The smallest absolute Gasteiger partial charge is 0.266 e. The van der Waals surface area contributed by atoms with Gasteiger partial charge in [-0.2, -0.15) is 5.26 Å². The van der Waals surface area contributed by atoms with Gasteiger partial charge in [-0.15, -0.1) is 0 Å². The van der Waals surface area contributed by atoms with Crippen molar-refractivity contribution in [3.63, 3.8) is 0 Å². The van der Waals surface area contributed by atoms with Crippen LogP contribution in [0.25, 0.3) is 0 Å². The molecule has 152 valence electrons. The molecule has 1 aliphatic heterocycles. The number of nitriles is 1. The average Bonchev–Trinajstić information content (AvgIpc) is 3.18. The number of likely N-dealkylation sites (N-methyl/N-ethyl adjacent to an activating group) is 1. The van der Waals surface area contributed by atoms with E-state index in [4.69, 9.17) is 15.7 Å². The van der Waals surface area contributed by atoms with Crippen LogP contribution in [0.3, 0.4) is 0 Å². The lowest BCUT2D eigenvalue weighted by atomic mass is 10.1. The molecule has 0 bridgehead atoms. The highest BCUT2D eigenvalue weighted by Crippen LogP contribution is 2.24. The second-order valence-corrected chi connectivity index (χ2v) is 7.76. The third-order valence-corrected chi connectivity index (χ3v) is 5.06. The zero-order valence-electron chi connectivity index (χ0n) is 17.0. The van der Waals surface area contributed by atoms with E-state index in [1.807, 2.05) is 11.9 Å². The summed E-state index contributed by atoms with van der Waals surface area (Å²) in [5, 5.41) is 8.90. The Morgan fingerprint density at radius 3 is 2.76 bits per heavy atom. The van der Waals surface area contributed by atoms with Gasteiger partial charge in [0.25, 0.3) is 5.91 Å². The summed E-state index contributed by atoms with van der Waals surface area (Å²) in [7, 11) is 2.00. The zero-order valence-corrected chi connectivity index (χ0v) is 17.0. The Morgan fingerprint density at radius 1 is 1.38 bits per heavy atom. The highest BCUT2D eigenvalue weighted by atomic mass is 16.5. The first-order valence-corrected chi connectivity index (χ1v) is 9.54. The molecular formula is C21H26N6O2. The van der Waals surface area contributed by atoms with Gasteiger partial charge < -0.3 is 15.4 Å². The summed E-state index contributed by atoms with van der Waals surface area (Å²) in [5.41, 5.74) is 5.28. The Bertz CT molecular complexity index is 906. The van der Waals surface area contributed by atoms with Crippen molar-refractivity contribution in [3.05, 3.63) is 47.9 Å². The number of carbonyl (C=O) groups excluding carboxylic acids is 1. The van der Waals surface area contributed by atoms with E-state index in [0.29, 0.717) is 42.6 Å². The minimum absolute atomic E-state index is 0.0574. The number of anilines is 1. The molecule has 2 heterocycles. The molecule has 8 nitrogen and oxygen atoms in total. The maximum absolute atomic E-state index is 13.1. The summed E-state index contributed by atoms with van der Waals surface area (Å²) in [6.45, 7) is 5.41. The van der Waals surface area contributed by atoms with Gasteiger partial charge in [0.1, 0.15) is 17.4 Å². The van der Waals surface area contributed by atoms with Crippen LogP contribution in [0.4, 0.5) is 5.82 Å². The Balaban J connectivity index is 1.59. The van der Waals surface area contributed by atoms with E-state index in [1.165, 1.54) is 0 Å². The van der Waals surface area contributed by atoms with Crippen molar-refractivity contribution in [1.29, 1.82) is 5.26 Å². The third-order valence-electron chi connectivity index (χ3n) is 5.06. The van der Waals surface area contributed by atoms with Crippen molar-refractivity contribution in [2.45, 2.75) is 38.5 Å². The van der Waals surface area contributed by atoms with Crippen molar-refractivity contribution >= 4 is 11.7 Å². The van der Waals surface area contributed by atoms with Gasteiger partial charge in [-0.25, -0.2) is 9.97 Å². The minimum Gasteiger partial charge on any atom is -0.478 e. The number of hydrogen-bond donors (Lipinski definition) is 1. The number of hydrogen-bond acceptors (Lipinski definition) is 7. The SMILES string of the molecule is CN(Cc1nccc(N)n1)C1CCN(C(=O)C(C)(C)Oc2ccc(C#N)cc2)C1. The lowest BCUT2D eigenvalue weighted by Crippen LogP contribution is -2.49. The van der Waals surface area contributed by atoms with Crippen molar-refractivity contribution in [3.8, 4) is 11.8 Å². The average molecular weight is 394 g/mol. The number of benzene rings is 1. The van der Waals surface area contributed by atoms with Crippen LogP contribution < -0.4 is 10.5 Å². The molecule has 2 aromatic rings. The molecule has 0 radical (unpaired) electrons. The zero-order chi connectivity index (χ0) is 21.0. The van der Waals surface area contributed by atoms with Crippen LogP contribution in [0.15, 0.2) is 36.5 Å². The molecule has 29 heavy (non-hydrogen) atoms. The van der Waals surface area contributed by atoms with E-state index in [9.17, 15) is 4.79 Å². The summed E-state index contributed by atoms with van der Waals surface area (Å²) in [5.74, 6) is 1.63. The van der Waals surface area contributed by atoms with Crippen LogP contribution in [0.1, 0.15) is 31.7 Å². The molecule has 1 unspecified atom stereocenters. The summed E-state index contributed by atoms with van der Waals surface area (Å²) in [6.07, 6.45) is 2.52. The predicted molar refractivity (Wildman–Crippen MR) is 109 cm³/mol. The van der Waals surface area contributed by atoms with Crippen molar-refractivity contribution in [2.75, 3.05) is 25.9 Å². The predicted octanol–water partition coefficient (Wildman–Crippen LogP) is 1.82. The molecule has 1 amide bonds. The molecule has 0 saturated carbocycles. The van der Waals surface area contributed by atoms with Gasteiger partial charge in [0.2, 0.25) is 0 Å². The van der Waals surface area contributed by atoms with E-state index in [-0.39, 0.29) is 11.9 Å². The number of nitrogens with two attached hydrogens (primary N) is 1. The maximum atomic E-state index is 13.1. The van der Waals surface area contributed by atoms with Crippen LogP contribution in [-0.2, 0) is 11.3 Å². The van der Waals surface area contributed by atoms with Crippen LogP contribution in [0.2, 0.25) is 0 Å². The van der Waals surface area contributed by atoms with Crippen LogP contribution >= 0.6 is 0 Å². The van der Waals surface area contributed by atoms with Gasteiger partial charge in [0, 0.05) is 25.3 Å². The van der Waals surface area contributed by atoms with Crippen LogP contribution in [-0.4, -0.2) is 57.5 Å². The number of aromatic nitrogens is 2. The van der Waals surface area contributed by atoms with Gasteiger partial charge in [-0.1, -0.05) is 0 Å². The standard InChI is InChI=1S/C21H26N6O2/c1-21(2,29-17-6-4-15(12-22)5-7-17)20(28)27-11-9-16(13-27)26(3)14-19-24-10-8-18(23)25-19/h4-8,10,16H,9,11,13-14H2,1-3H3,(H2,23,24,25). The normalized spacial score (nSPS) is 16.7. The van der Waals surface area contributed by atoms with Gasteiger partial charge in [0.05, 0.1) is 18.2 Å². The van der Waals surface area contributed by atoms with E-state index >= 15 is 0 Å². The minimum atomic E-state index is -1.00. The maximum Gasteiger partial charge on any atom is 0.266 e.